The number of carbonyl (C=O) groups is 1. The topological polar surface area (TPSA) is 50.4 Å². The Morgan fingerprint density at radius 1 is 1.37 bits per heavy atom. The van der Waals surface area contributed by atoms with E-state index in [2.05, 4.69) is 10.6 Å². The van der Waals surface area contributed by atoms with E-state index in [-0.39, 0.29) is 24.4 Å². The summed E-state index contributed by atoms with van der Waals surface area (Å²) in [6.07, 6.45) is 8.22. The summed E-state index contributed by atoms with van der Waals surface area (Å²) in [5, 5.41) is 6.41. The number of hydrogen-bond acceptors (Lipinski definition) is 3. The van der Waals surface area contributed by atoms with Crippen LogP contribution in [0.1, 0.15) is 44.9 Å². The van der Waals surface area contributed by atoms with Crippen LogP contribution in [0, 0.1) is 5.41 Å². The lowest BCUT2D eigenvalue weighted by Crippen LogP contribution is -2.44. The number of carbonyl (C=O) groups excluding carboxylic acids is 1. The average molecular weight is 291 g/mol. The number of nitrogens with one attached hydrogen (secondary N) is 2. The summed E-state index contributed by atoms with van der Waals surface area (Å²) in [5.41, 5.74) is 0.296. The molecule has 5 heteroatoms. The molecule has 1 amide bonds. The number of rotatable bonds is 6. The number of ether oxygens (including phenoxy) is 1. The predicted octanol–water partition coefficient (Wildman–Crippen LogP) is 1.87. The summed E-state index contributed by atoms with van der Waals surface area (Å²) in [6.45, 7) is 2.61. The maximum Gasteiger partial charge on any atom is 0.237 e. The zero-order chi connectivity index (χ0) is 12.8. The van der Waals surface area contributed by atoms with E-state index in [9.17, 15) is 4.79 Å². The second-order valence-electron chi connectivity index (χ2n) is 5.82. The van der Waals surface area contributed by atoms with Gasteiger partial charge in [0, 0.05) is 20.3 Å². The Hall–Kier alpha value is -0.320. The van der Waals surface area contributed by atoms with Crippen molar-refractivity contribution < 1.29 is 9.53 Å². The summed E-state index contributed by atoms with van der Waals surface area (Å²) in [6, 6.07) is 0.0471. The van der Waals surface area contributed by atoms with Gasteiger partial charge in [0.15, 0.2) is 0 Å². The van der Waals surface area contributed by atoms with E-state index >= 15 is 0 Å². The van der Waals surface area contributed by atoms with Gasteiger partial charge in [-0.05, 0) is 44.1 Å². The van der Waals surface area contributed by atoms with E-state index in [4.69, 9.17) is 4.74 Å². The molecule has 1 saturated heterocycles. The molecule has 2 N–H and O–H groups in total. The lowest BCUT2D eigenvalue weighted by atomic mass is 9.83. The summed E-state index contributed by atoms with van der Waals surface area (Å²) < 4.78 is 5.21. The second kappa shape index (κ2) is 8.08. The molecule has 1 atom stereocenters. The molecule has 2 fully saturated rings. The summed E-state index contributed by atoms with van der Waals surface area (Å²) in [7, 11) is 1.75. The Morgan fingerprint density at radius 3 is 2.68 bits per heavy atom. The summed E-state index contributed by atoms with van der Waals surface area (Å²) >= 11 is 0. The highest BCUT2D eigenvalue weighted by Crippen LogP contribution is 2.40. The van der Waals surface area contributed by atoms with Crippen LogP contribution in [0.2, 0.25) is 0 Å². The van der Waals surface area contributed by atoms with Crippen molar-refractivity contribution in [2.45, 2.75) is 51.0 Å². The van der Waals surface area contributed by atoms with Gasteiger partial charge in [-0.15, -0.1) is 12.4 Å². The van der Waals surface area contributed by atoms with Crippen LogP contribution in [0.25, 0.3) is 0 Å². The molecule has 0 aromatic rings. The molecular weight excluding hydrogens is 264 g/mol. The van der Waals surface area contributed by atoms with Crippen LogP contribution in [-0.4, -0.2) is 38.8 Å². The van der Waals surface area contributed by atoms with Gasteiger partial charge < -0.3 is 15.4 Å². The first kappa shape index (κ1) is 16.7. The molecule has 4 nitrogen and oxygen atoms in total. The third-order valence-electron chi connectivity index (χ3n) is 4.52. The quantitative estimate of drug-likeness (QED) is 0.785. The minimum atomic E-state index is 0. The van der Waals surface area contributed by atoms with E-state index in [1.54, 1.807) is 7.11 Å². The summed E-state index contributed by atoms with van der Waals surface area (Å²) in [5.74, 6) is 0.191. The van der Waals surface area contributed by atoms with E-state index in [0.29, 0.717) is 5.41 Å². The van der Waals surface area contributed by atoms with Crippen molar-refractivity contribution in [3.63, 3.8) is 0 Å². The van der Waals surface area contributed by atoms with Crippen molar-refractivity contribution in [2.24, 2.45) is 5.41 Å². The van der Waals surface area contributed by atoms with Gasteiger partial charge in [-0.2, -0.15) is 0 Å². The zero-order valence-electron chi connectivity index (χ0n) is 11.9. The van der Waals surface area contributed by atoms with E-state index < -0.39 is 0 Å². The van der Waals surface area contributed by atoms with Crippen molar-refractivity contribution in [3.8, 4) is 0 Å². The Labute approximate surface area is 122 Å². The Bertz CT molecular complexity index is 275. The Kier molecular flexibility index (Phi) is 7.11. The number of amides is 1. The van der Waals surface area contributed by atoms with Crippen LogP contribution in [0.15, 0.2) is 0 Å². The van der Waals surface area contributed by atoms with Crippen LogP contribution in [0.3, 0.4) is 0 Å². The lowest BCUT2D eigenvalue weighted by Gasteiger charge is -2.29. The highest BCUT2D eigenvalue weighted by Gasteiger charge is 2.34. The van der Waals surface area contributed by atoms with Gasteiger partial charge in [0.25, 0.3) is 0 Å². The number of methoxy groups -OCH3 is 1. The third-order valence-corrected chi connectivity index (χ3v) is 4.52. The van der Waals surface area contributed by atoms with Crippen LogP contribution < -0.4 is 10.6 Å². The molecule has 2 aliphatic rings. The normalized spacial score (nSPS) is 25.0. The highest BCUT2D eigenvalue weighted by molar-refractivity contribution is 5.85. The second-order valence-corrected chi connectivity index (χ2v) is 5.82. The van der Waals surface area contributed by atoms with Crippen LogP contribution in [0.4, 0.5) is 0 Å². The molecule has 112 valence electrons. The van der Waals surface area contributed by atoms with Crippen LogP contribution in [-0.2, 0) is 9.53 Å². The van der Waals surface area contributed by atoms with Gasteiger partial charge in [0.2, 0.25) is 5.91 Å². The molecule has 1 saturated carbocycles. The molecule has 0 aromatic carbocycles. The van der Waals surface area contributed by atoms with Gasteiger partial charge in [0.05, 0.1) is 6.04 Å². The molecule has 0 bridgehead atoms. The minimum absolute atomic E-state index is 0. The largest absolute Gasteiger partial charge is 0.385 e. The fourth-order valence-electron chi connectivity index (χ4n) is 3.26. The Morgan fingerprint density at radius 2 is 2.11 bits per heavy atom. The van der Waals surface area contributed by atoms with E-state index in [0.717, 1.165) is 39.0 Å². The maximum absolute atomic E-state index is 12.0. The molecular formula is C14H27ClN2O2. The lowest BCUT2D eigenvalue weighted by molar-refractivity contribution is -0.123. The van der Waals surface area contributed by atoms with E-state index in [1.165, 1.54) is 25.7 Å². The van der Waals surface area contributed by atoms with Crippen molar-refractivity contribution in [1.82, 2.24) is 10.6 Å². The zero-order valence-corrected chi connectivity index (χ0v) is 12.7. The molecule has 1 heterocycles. The molecule has 1 aliphatic carbocycles. The molecule has 0 aromatic heterocycles. The molecule has 1 aliphatic heterocycles. The van der Waals surface area contributed by atoms with Gasteiger partial charge in [-0.25, -0.2) is 0 Å². The number of hydrogen-bond donors (Lipinski definition) is 2. The molecule has 0 radical (unpaired) electrons. The first-order valence-electron chi connectivity index (χ1n) is 7.26. The molecule has 2 rings (SSSR count). The van der Waals surface area contributed by atoms with Crippen molar-refractivity contribution in [2.75, 3.05) is 26.8 Å². The maximum atomic E-state index is 12.0. The van der Waals surface area contributed by atoms with Gasteiger partial charge in [0.1, 0.15) is 0 Å². The monoisotopic (exact) mass is 290 g/mol. The smallest absolute Gasteiger partial charge is 0.237 e. The first-order chi connectivity index (χ1) is 8.76. The average Bonchev–Trinajstić information content (AvgIpc) is 3.05. The fraction of sp³-hybridized carbons (Fsp3) is 0.929. The summed E-state index contributed by atoms with van der Waals surface area (Å²) in [4.78, 5) is 12.0. The fourth-order valence-corrected chi connectivity index (χ4v) is 3.26. The predicted molar refractivity (Wildman–Crippen MR) is 78.7 cm³/mol. The van der Waals surface area contributed by atoms with E-state index in [1.807, 2.05) is 0 Å². The SMILES string of the molecule is COCCC1(CNC(=O)C2CCCN2)CCCC1.Cl. The third kappa shape index (κ3) is 4.62. The van der Waals surface area contributed by atoms with Crippen molar-refractivity contribution >= 4 is 18.3 Å². The standard InChI is InChI=1S/C14H26N2O2.ClH/c1-18-10-8-14(6-2-3-7-14)11-16-13(17)12-5-4-9-15-12;/h12,15H,2-11H2,1H3,(H,16,17);1H. The van der Waals surface area contributed by atoms with Gasteiger partial charge in [-0.1, -0.05) is 12.8 Å². The van der Waals surface area contributed by atoms with Crippen LogP contribution >= 0.6 is 12.4 Å². The van der Waals surface area contributed by atoms with Crippen LogP contribution in [0.5, 0.6) is 0 Å². The Balaban J connectivity index is 0.00000180. The van der Waals surface area contributed by atoms with Crippen molar-refractivity contribution in [3.05, 3.63) is 0 Å². The minimum Gasteiger partial charge on any atom is -0.385 e. The highest BCUT2D eigenvalue weighted by atomic mass is 35.5. The van der Waals surface area contributed by atoms with Gasteiger partial charge in [-0.3, -0.25) is 4.79 Å². The molecule has 0 spiro atoms. The first-order valence-corrected chi connectivity index (χ1v) is 7.26. The molecule has 1 unspecified atom stereocenters. The van der Waals surface area contributed by atoms with Crippen molar-refractivity contribution in [1.29, 1.82) is 0 Å². The number of halogens is 1. The van der Waals surface area contributed by atoms with Gasteiger partial charge >= 0.3 is 0 Å². The molecule has 19 heavy (non-hydrogen) atoms.